The van der Waals surface area contributed by atoms with Gasteiger partial charge in [0.25, 0.3) is 0 Å². The molecule has 0 aliphatic heterocycles. The minimum atomic E-state index is -4.19. The second-order valence-corrected chi connectivity index (χ2v) is 5.12. The van der Waals surface area contributed by atoms with Gasteiger partial charge in [-0.3, -0.25) is 4.90 Å². The Morgan fingerprint density at radius 1 is 1.15 bits per heavy atom. The van der Waals surface area contributed by atoms with E-state index in [1.165, 1.54) is 4.90 Å². The van der Waals surface area contributed by atoms with Crippen molar-refractivity contribution in [2.75, 3.05) is 19.6 Å². The molecule has 0 heterocycles. The molecule has 0 bridgehead atoms. The maximum atomic E-state index is 12.8. The summed E-state index contributed by atoms with van der Waals surface area (Å²) in [5, 5.41) is 3.16. The first-order valence-corrected chi connectivity index (χ1v) is 6.93. The summed E-state index contributed by atoms with van der Waals surface area (Å²) >= 11 is 0. The molecular formula is C15H23F3N2. The van der Waals surface area contributed by atoms with Crippen molar-refractivity contribution in [3.8, 4) is 0 Å². The third-order valence-corrected chi connectivity index (χ3v) is 3.20. The van der Waals surface area contributed by atoms with E-state index in [4.69, 9.17) is 0 Å². The lowest BCUT2D eigenvalue weighted by molar-refractivity contribution is -0.155. The van der Waals surface area contributed by atoms with Gasteiger partial charge in [-0.25, -0.2) is 0 Å². The summed E-state index contributed by atoms with van der Waals surface area (Å²) < 4.78 is 38.4. The lowest BCUT2D eigenvalue weighted by Crippen LogP contribution is -2.45. The van der Waals surface area contributed by atoms with Gasteiger partial charge in [-0.15, -0.1) is 0 Å². The summed E-state index contributed by atoms with van der Waals surface area (Å²) in [5.41, 5.74) is 0.909. The van der Waals surface area contributed by atoms with Crippen LogP contribution in [-0.4, -0.2) is 36.8 Å². The van der Waals surface area contributed by atoms with E-state index in [0.717, 1.165) is 12.1 Å². The number of nitrogens with one attached hydrogen (secondary N) is 1. The molecule has 0 aliphatic carbocycles. The number of rotatable bonds is 7. The van der Waals surface area contributed by atoms with Gasteiger partial charge in [0.15, 0.2) is 0 Å². The van der Waals surface area contributed by atoms with Gasteiger partial charge in [0, 0.05) is 18.6 Å². The molecular weight excluding hydrogens is 265 g/mol. The standard InChI is InChI=1S/C15H23F3N2/c1-4-19-10-14(13-8-6-5-7-9-13)20(12(2)3)11-15(16,17)18/h5-9,12,14,19H,4,10-11H2,1-3H3. The second kappa shape index (κ2) is 7.64. The molecule has 0 aromatic heterocycles. The zero-order valence-corrected chi connectivity index (χ0v) is 12.2. The van der Waals surface area contributed by atoms with Crippen molar-refractivity contribution in [1.29, 1.82) is 0 Å². The number of benzene rings is 1. The summed E-state index contributed by atoms with van der Waals surface area (Å²) in [6.45, 7) is 5.90. The van der Waals surface area contributed by atoms with Crippen molar-refractivity contribution in [1.82, 2.24) is 10.2 Å². The Hall–Kier alpha value is -1.07. The zero-order chi connectivity index (χ0) is 15.2. The van der Waals surface area contributed by atoms with Crippen LogP contribution in [0.25, 0.3) is 0 Å². The number of likely N-dealkylation sites (N-methyl/N-ethyl adjacent to an activating group) is 1. The van der Waals surface area contributed by atoms with E-state index in [1.54, 1.807) is 13.8 Å². The quantitative estimate of drug-likeness (QED) is 0.824. The Kier molecular flexibility index (Phi) is 6.49. The molecule has 1 aromatic carbocycles. The third kappa shape index (κ3) is 5.51. The van der Waals surface area contributed by atoms with Crippen LogP contribution < -0.4 is 5.32 Å². The van der Waals surface area contributed by atoms with E-state index in [2.05, 4.69) is 5.32 Å². The molecule has 2 nitrogen and oxygen atoms in total. The summed E-state index contributed by atoms with van der Waals surface area (Å²) in [4.78, 5) is 1.50. The average Bonchev–Trinajstić information content (AvgIpc) is 2.37. The maximum absolute atomic E-state index is 12.8. The van der Waals surface area contributed by atoms with E-state index in [0.29, 0.717) is 6.54 Å². The number of alkyl halides is 3. The van der Waals surface area contributed by atoms with Crippen molar-refractivity contribution in [3.63, 3.8) is 0 Å². The molecule has 1 rings (SSSR count). The summed E-state index contributed by atoms with van der Waals surface area (Å²) in [7, 11) is 0. The minimum absolute atomic E-state index is 0.180. The van der Waals surface area contributed by atoms with Gasteiger partial charge in [-0.2, -0.15) is 13.2 Å². The van der Waals surface area contributed by atoms with Crippen LogP contribution in [0.2, 0.25) is 0 Å². The minimum Gasteiger partial charge on any atom is -0.315 e. The molecule has 0 radical (unpaired) electrons. The van der Waals surface area contributed by atoms with Crippen LogP contribution in [0.3, 0.4) is 0 Å². The van der Waals surface area contributed by atoms with Crippen LogP contribution in [0.5, 0.6) is 0 Å². The Morgan fingerprint density at radius 2 is 1.75 bits per heavy atom. The van der Waals surface area contributed by atoms with E-state index in [9.17, 15) is 13.2 Å². The van der Waals surface area contributed by atoms with Crippen molar-refractivity contribution < 1.29 is 13.2 Å². The van der Waals surface area contributed by atoms with Crippen molar-refractivity contribution in [2.24, 2.45) is 0 Å². The molecule has 1 N–H and O–H groups in total. The molecule has 1 unspecified atom stereocenters. The van der Waals surface area contributed by atoms with Crippen molar-refractivity contribution >= 4 is 0 Å². The lowest BCUT2D eigenvalue weighted by Gasteiger charge is -2.36. The number of nitrogens with zero attached hydrogens (tertiary/aromatic N) is 1. The van der Waals surface area contributed by atoms with Gasteiger partial charge in [0.2, 0.25) is 0 Å². The van der Waals surface area contributed by atoms with Crippen LogP contribution in [0.15, 0.2) is 30.3 Å². The van der Waals surface area contributed by atoms with Gasteiger partial charge in [0.1, 0.15) is 0 Å². The predicted molar refractivity (Wildman–Crippen MR) is 75.6 cm³/mol. The van der Waals surface area contributed by atoms with Crippen LogP contribution in [0.4, 0.5) is 13.2 Å². The molecule has 0 spiro atoms. The van der Waals surface area contributed by atoms with E-state index < -0.39 is 12.7 Å². The van der Waals surface area contributed by atoms with E-state index in [1.807, 2.05) is 37.3 Å². The van der Waals surface area contributed by atoms with Gasteiger partial charge in [0.05, 0.1) is 6.54 Å². The molecule has 1 aromatic rings. The van der Waals surface area contributed by atoms with Crippen LogP contribution in [-0.2, 0) is 0 Å². The van der Waals surface area contributed by atoms with Crippen molar-refractivity contribution in [2.45, 2.75) is 39.0 Å². The fraction of sp³-hybridized carbons (Fsp3) is 0.600. The van der Waals surface area contributed by atoms with E-state index >= 15 is 0 Å². The number of hydrogen-bond acceptors (Lipinski definition) is 2. The first-order chi connectivity index (χ1) is 9.35. The summed E-state index contributed by atoms with van der Waals surface area (Å²) in [6.07, 6.45) is -4.19. The normalized spacial score (nSPS) is 14.0. The highest BCUT2D eigenvalue weighted by atomic mass is 19.4. The molecule has 1 atom stereocenters. The largest absolute Gasteiger partial charge is 0.401 e. The van der Waals surface area contributed by atoms with E-state index in [-0.39, 0.29) is 12.1 Å². The van der Waals surface area contributed by atoms with Crippen LogP contribution >= 0.6 is 0 Å². The highest BCUT2D eigenvalue weighted by molar-refractivity contribution is 5.19. The zero-order valence-electron chi connectivity index (χ0n) is 12.2. The molecule has 0 fully saturated rings. The molecule has 5 heteroatoms. The van der Waals surface area contributed by atoms with Crippen LogP contribution in [0, 0.1) is 0 Å². The Labute approximate surface area is 119 Å². The Morgan fingerprint density at radius 3 is 2.20 bits per heavy atom. The predicted octanol–water partition coefficient (Wildman–Crippen LogP) is 3.61. The molecule has 0 saturated carbocycles. The van der Waals surface area contributed by atoms with Gasteiger partial charge in [-0.1, -0.05) is 37.3 Å². The highest BCUT2D eigenvalue weighted by Gasteiger charge is 2.35. The SMILES string of the molecule is CCNCC(c1ccccc1)N(CC(F)(F)F)C(C)C. The molecule has 0 amide bonds. The maximum Gasteiger partial charge on any atom is 0.401 e. The second-order valence-electron chi connectivity index (χ2n) is 5.12. The smallest absolute Gasteiger partial charge is 0.315 e. The van der Waals surface area contributed by atoms with Gasteiger partial charge < -0.3 is 5.32 Å². The average molecular weight is 288 g/mol. The van der Waals surface area contributed by atoms with Gasteiger partial charge >= 0.3 is 6.18 Å². The first kappa shape index (κ1) is 17.0. The molecule has 20 heavy (non-hydrogen) atoms. The highest BCUT2D eigenvalue weighted by Crippen LogP contribution is 2.27. The number of hydrogen-bond donors (Lipinski definition) is 1. The lowest BCUT2D eigenvalue weighted by atomic mass is 10.0. The van der Waals surface area contributed by atoms with Crippen LogP contribution in [0.1, 0.15) is 32.4 Å². The monoisotopic (exact) mass is 288 g/mol. The number of halogens is 3. The molecule has 0 saturated heterocycles. The summed E-state index contributed by atoms with van der Waals surface area (Å²) in [6, 6.07) is 8.90. The molecule has 0 aliphatic rings. The fourth-order valence-corrected chi connectivity index (χ4v) is 2.24. The third-order valence-electron chi connectivity index (χ3n) is 3.20. The topological polar surface area (TPSA) is 15.3 Å². The Balaban J connectivity index is 2.99. The van der Waals surface area contributed by atoms with Crippen molar-refractivity contribution in [3.05, 3.63) is 35.9 Å². The molecule has 114 valence electrons. The van der Waals surface area contributed by atoms with Gasteiger partial charge in [-0.05, 0) is 26.0 Å². The fourth-order valence-electron chi connectivity index (χ4n) is 2.24. The first-order valence-electron chi connectivity index (χ1n) is 6.93. The Bertz CT molecular complexity index is 376. The summed E-state index contributed by atoms with van der Waals surface area (Å²) in [5.74, 6) is 0.